The molecule has 5 nitrogen and oxygen atoms in total. The Morgan fingerprint density at radius 1 is 1.14 bits per heavy atom. The Kier molecular flexibility index (Phi) is 5.59. The highest BCUT2D eigenvalue weighted by Crippen LogP contribution is 2.42. The monoisotopic (exact) mass is 463 g/mol. The van der Waals surface area contributed by atoms with E-state index in [9.17, 15) is 4.39 Å². The molecule has 0 unspecified atom stereocenters. The standard InChI is InChI=1S/C20H19BrFN3O2S/c1-26-17-9-12(15(21)10-18(17)27-2)11-28-20-24-23-19(25(20)13-7-8-13)14-5-3-4-6-16(14)22/h3-6,9-10,13H,7-8,11H2,1-2H3. The smallest absolute Gasteiger partial charge is 0.192 e. The zero-order valence-corrected chi connectivity index (χ0v) is 17.9. The molecule has 0 radical (unpaired) electrons. The summed E-state index contributed by atoms with van der Waals surface area (Å²) in [6.07, 6.45) is 2.13. The van der Waals surface area contributed by atoms with Crippen molar-refractivity contribution in [2.24, 2.45) is 0 Å². The van der Waals surface area contributed by atoms with Crippen LogP contribution in [0.1, 0.15) is 24.4 Å². The topological polar surface area (TPSA) is 49.2 Å². The van der Waals surface area contributed by atoms with Crippen LogP contribution in [0.2, 0.25) is 0 Å². The van der Waals surface area contributed by atoms with Crippen molar-refractivity contribution in [1.29, 1.82) is 0 Å². The lowest BCUT2D eigenvalue weighted by atomic mass is 10.2. The molecule has 1 aromatic heterocycles. The Balaban J connectivity index is 1.62. The van der Waals surface area contributed by atoms with E-state index in [-0.39, 0.29) is 5.82 Å². The van der Waals surface area contributed by atoms with Gasteiger partial charge in [0.05, 0.1) is 19.8 Å². The third-order valence-corrected chi connectivity index (χ3v) is 6.33. The minimum atomic E-state index is -0.281. The number of aromatic nitrogens is 3. The highest BCUT2D eigenvalue weighted by molar-refractivity contribution is 9.10. The highest BCUT2D eigenvalue weighted by atomic mass is 79.9. The van der Waals surface area contributed by atoms with Crippen molar-refractivity contribution in [2.75, 3.05) is 14.2 Å². The SMILES string of the molecule is COc1cc(Br)c(CSc2nnc(-c3ccccc3F)n2C2CC2)cc1OC. The second kappa shape index (κ2) is 8.13. The van der Waals surface area contributed by atoms with Crippen molar-refractivity contribution < 1.29 is 13.9 Å². The van der Waals surface area contributed by atoms with Gasteiger partial charge in [-0.25, -0.2) is 4.39 Å². The molecule has 146 valence electrons. The Bertz CT molecular complexity index is 1010. The van der Waals surface area contributed by atoms with Gasteiger partial charge in [0.2, 0.25) is 0 Å². The van der Waals surface area contributed by atoms with Crippen LogP contribution in [-0.2, 0) is 5.75 Å². The van der Waals surface area contributed by atoms with Crippen LogP contribution in [0.4, 0.5) is 4.39 Å². The average molecular weight is 464 g/mol. The van der Waals surface area contributed by atoms with E-state index in [4.69, 9.17) is 9.47 Å². The maximum atomic E-state index is 14.3. The van der Waals surface area contributed by atoms with E-state index in [1.54, 1.807) is 38.1 Å². The van der Waals surface area contributed by atoms with Crippen LogP contribution in [0, 0.1) is 5.82 Å². The van der Waals surface area contributed by atoms with Crippen molar-refractivity contribution in [1.82, 2.24) is 14.8 Å². The molecule has 0 aliphatic heterocycles. The molecule has 28 heavy (non-hydrogen) atoms. The first-order valence-corrected chi connectivity index (χ1v) is 10.6. The van der Waals surface area contributed by atoms with Gasteiger partial charge in [-0.3, -0.25) is 4.57 Å². The number of rotatable bonds is 7. The largest absolute Gasteiger partial charge is 0.493 e. The molecule has 0 amide bonds. The van der Waals surface area contributed by atoms with Gasteiger partial charge in [-0.1, -0.05) is 39.8 Å². The van der Waals surface area contributed by atoms with Gasteiger partial charge in [-0.15, -0.1) is 10.2 Å². The molecule has 4 rings (SSSR count). The molecule has 2 aromatic carbocycles. The van der Waals surface area contributed by atoms with Crippen LogP contribution in [0.3, 0.4) is 0 Å². The Hall–Kier alpha value is -2.06. The Morgan fingerprint density at radius 2 is 1.86 bits per heavy atom. The van der Waals surface area contributed by atoms with Gasteiger partial charge in [0.25, 0.3) is 0 Å². The normalized spacial score (nSPS) is 13.6. The molecule has 0 saturated heterocycles. The number of halogens is 2. The number of hydrogen-bond acceptors (Lipinski definition) is 5. The number of nitrogens with zero attached hydrogens (tertiary/aromatic N) is 3. The summed E-state index contributed by atoms with van der Waals surface area (Å²) in [5.41, 5.74) is 1.54. The van der Waals surface area contributed by atoms with Crippen molar-refractivity contribution in [3.8, 4) is 22.9 Å². The first kappa shape index (κ1) is 19.3. The van der Waals surface area contributed by atoms with E-state index in [0.717, 1.165) is 28.0 Å². The fourth-order valence-electron chi connectivity index (χ4n) is 3.01. The summed E-state index contributed by atoms with van der Waals surface area (Å²) in [5, 5.41) is 9.45. The van der Waals surface area contributed by atoms with Crippen molar-refractivity contribution in [3.05, 3.63) is 52.3 Å². The van der Waals surface area contributed by atoms with Gasteiger partial charge in [0.15, 0.2) is 22.5 Å². The third-order valence-electron chi connectivity index (χ3n) is 4.60. The van der Waals surface area contributed by atoms with E-state index >= 15 is 0 Å². The van der Waals surface area contributed by atoms with Crippen LogP contribution >= 0.6 is 27.7 Å². The van der Waals surface area contributed by atoms with Crippen LogP contribution < -0.4 is 9.47 Å². The first-order valence-electron chi connectivity index (χ1n) is 8.85. The van der Waals surface area contributed by atoms with Gasteiger partial charge in [-0.05, 0) is 42.7 Å². The number of hydrogen-bond donors (Lipinski definition) is 0. The summed E-state index contributed by atoms with van der Waals surface area (Å²) in [6, 6.07) is 10.9. The fourth-order valence-corrected chi connectivity index (χ4v) is 4.66. The van der Waals surface area contributed by atoms with E-state index in [1.165, 1.54) is 6.07 Å². The van der Waals surface area contributed by atoms with E-state index in [2.05, 4.69) is 30.7 Å². The molecule has 0 bridgehead atoms. The predicted octanol–water partition coefficient (Wildman–Crippen LogP) is 5.49. The molecular formula is C20H19BrFN3O2S. The third kappa shape index (κ3) is 3.75. The van der Waals surface area contributed by atoms with Gasteiger partial charge in [0, 0.05) is 16.3 Å². The molecule has 1 aliphatic rings. The van der Waals surface area contributed by atoms with Crippen LogP contribution in [0.25, 0.3) is 11.4 Å². The summed E-state index contributed by atoms with van der Waals surface area (Å²) in [6.45, 7) is 0. The summed E-state index contributed by atoms with van der Waals surface area (Å²) in [4.78, 5) is 0. The zero-order chi connectivity index (χ0) is 19.7. The molecule has 8 heteroatoms. The van der Waals surface area contributed by atoms with Crippen molar-refractivity contribution >= 4 is 27.7 Å². The molecule has 1 saturated carbocycles. The molecule has 3 aromatic rings. The maximum Gasteiger partial charge on any atom is 0.192 e. The number of benzene rings is 2. The van der Waals surface area contributed by atoms with E-state index < -0.39 is 0 Å². The van der Waals surface area contributed by atoms with Crippen LogP contribution in [-0.4, -0.2) is 29.0 Å². The molecular weight excluding hydrogens is 445 g/mol. The van der Waals surface area contributed by atoms with Crippen LogP contribution in [0.15, 0.2) is 46.0 Å². The van der Waals surface area contributed by atoms with Gasteiger partial charge in [-0.2, -0.15) is 0 Å². The number of ether oxygens (including phenoxy) is 2. The quantitative estimate of drug-likeness (QED) is 0.433. The lowest BCUT2D eigenvalue weighted by Gasteiger charge is -2.12. The lowest BCUT2D eigenvalue weighted by Crippen LogP contribution is -2.01. The maximum absolute atomic E-state index is 14.3. The first-order chi connectivity index (χ1) is 13.6. The molecule has 0 atom stereocenters. The minimum Gasteiger partial charge on any atom is -0.493 e. The summed E-state index contributed by atoms with van der Waals surface area (Å²) < 4.78 is 28.0. The van der Waals surface area contributed by atoms with Gasteiger partial charge >= 0.3 is 0 Å². The molecule has 1 fully saturated rings. The number of methoxy groups -OCH3 is 2. The minimum absolute atomic E-state index is 0.281. The number of thioether (sulfide) groups is 1. The zero-order valence-electron chi connectivity index (χ0n) is 15.5. The molecule has 1 heterocycles. The second-order valence-electron chi connectivity index (χ2n) is 6.47. The average Bonchev–Trinajstić information content (AvgIpc) is 3.46. The lowest BCUT2D eigenvalue weighted by molar-refractivity contribution is 0.354. The molecule has 0 spiro atoms. The van der Waals surface area contributed by atoms with E-state index in [0.29, 0.717) is 34.7 Å². The summed E-state index contributed by atoms with van der Waals surface area (Å²) in [5.74, 6) is 2.33. The predicted molar refractivity (Wildman–Crippen MR) is 110 cm³/mol. The van der Waals surface area contributed by atoms with Crippen LogP contribution in [0.5, 0.6) is 11.5 Å². The van der Waals surface area contributed by atoms with E-state index in [1.807, 2.05) is 18.2 Å². The van der Waals surface area contributed by atoms with Crippen molar-refractivity contribution in [2.45, 2.75) is 29.8 Å². The Morgan fingerprint density at radius 3 is 2.54 bits per heavy atom. The van der Waals surface area contributed by atoms with Gasteiger partial charge in [0.1, 0.15) is 5.82 Å². The Labute approximate surface area is 175 Å². The van der Waals surface area contributed by atoms with Gasteiger partial charge < -0.3 is 9.47 Å². The second-order valence-corrected chi connectivity index (χ2v) is 8.27. The fraction of sp³-hybridized carbons (Fsp3) is 0.300. The molecule has 1 aliphatic carbocycles. The molecule has 0 N–H and O–H groups in total. The summed E-state index contributed by atoms with van der Waals surface area (Å²) in [7, 11) is 3.23. The summed E-state index contributed by atoms with van der Waals surface area (Å²) >= 11 is 5.17. The van der Waals surface area contributed by atoms with Crippen molar-refractivity contribution in [3.63, 3.8) is 0 Å². The highest BCUT2D eigenvalue weighted by Gasteiger charge is 2.31.